The molecular formula is C16H26N2O2. The van der Waals surface area contributed by atoms with Gasteiger partial charge in [0.25, 0.3) is 0 Å². The molecule has 0 spiro atoms. The predicted octanol–water partition coefficient (Wildman–Crippen LogP) is 2.54. The van der Waals surface area contributed by atoms with Gasteiger partial charge in [-0.05, 0) is 30.9 Å². The third-order valence-electron chi connectivity index (χ3n) is 4.32. The van der Waals surface area contributed by atoms with Crippen LogP contribution in [0, 0.1) is 5.92 Å². The molecule has 112 valence electrons. The lowest BCUT2D eigenvalue weighted by atomic mass is 10.0. The smallest absolute Gasteiger partial charge is 0.220 e. The first-order valence-corrected chi connectivity index (χ1v) is 7.73. The largest absolute Gasteiger partial charge is 0.387 e. The molecule has 1 saturated carbocycles. The average Bonchev–Trinajstić information content (AvgIpc) is 3.07. The normalized spacial score (nSPS) is 17.3. The summed E-state index contributed by atoms with van der Waals surface area (Å²) in [5, 5.41) is 12.9. The van der Waals surface area contributed by atoms with E-state index < -0.39 is 6.10 Å². The van der Waals surface area contributed by atoms with Crippen molar-refractivity contribution in [2.45, 2.75) is 51.0 Å². The summed E-state index contributed by atoms with van der Waals surface area (Å²) in [6, 6.07) is 3.82. The Morgan fingerprint density at radius 1 is 1.50 bits per heavy atom. The molecule has 0 aliphatic heterocycles. The third-order valence-corrected chi connectivity index (χ3v) is 4.32. The number of aliphatic hydroxyl groups is 1. The Kier molecular flexibility index (Phi) is 5.65. The minimum Gasteiger partial charge on any atom is -0.387 e. The van der Waals surface area contributed by atoms with Gasteiger partial charge in [-0.2, -0.15) is 0 Å². The van der Waals surface area contributed by atoms with Crippen molar-refractivity contribution in [1.29, 1.82) is 0 Å². The summed E-state index contributed by atoms with van der Waals surface area (Å²) in [4.78, 5) is 11.7. The van der Waals surface area contributed by atoms with Crippen molar-refractivity contribution in [2.75, 3.05) is 6.54 Å². The van der Waals surface area contributed by atoms with E-state index in [4.69, 9.17) is 0 Å². The van der Waals surface area contributed by atoms with Gasteiger partial charge < -0.3 is 15.0 Å². The topological polar surface area (TPSA) is 54.3 Å². The fraction of sp³-hybridized carbons (Fsp3) is 0.688. The van der Waals surface area contributed by atoms with Gasteiger partial charge in [-0.3, -0.25) is 4.79 Å². The van der Waals surface area contributed by atoms with E-state index in [0.717, 1.165) is 18.0 Å². The van der Waals surface area contributed by atoms with Crippen LogP contribution in [0.4, 0.5) is 0 Å². The first-order valence-electron chi connectivity index (χ1n) is 7.73. The van der Waals surface area contributed by atoms with Gasteiger partial charge in [-0.1, -0.05) is 25.7 Å². The Hall–Kier alpha value is -1.29. The Morgan fingerprint density at radius 2 is 2.25 bits per heavy atom. The summed E-state index contributed by atoms with van der Waals surface area (Å²) in [5.74, 6) is 0.880. The second-order valence-electron chi connectivity index (χ2n) is 5.89. The zero-order valence-electron chi connectivity index (χ0n) is 12.3. The number of hydrogen-bond donors (Lipinski definition) is 2. The summed E-state index contributed by atoms with van der Waals surface area (Å²) in [6.07, 6.45) is 8.86. The highest BCUT2D eigenvalue weighted by atomic mass is 16.3. The van der Waals surface area contributed by atoms with Crippen LogP contribution in [0.25, 0.3) is 0 Å². The summed E-state index contributed by atoms with van der Waals surface area (Å²) in [7, 11) is 1.92. The number of carbonyl (C=O) groups excluding carboxylic acids is 1. The number of aryl methyl sites for hydroxylation is 1. The van der Waals surface area contributed by atoms with Gasteiger partial charge in [0.2, 0.25) is 5.91 Å². The molecule has 1 aliphatic carbocycles. The Bertz CT molecular complexity index is 422. The second kappa shape index (κ2) is 7.48. The van der Waals surface area contributed by atoms with Crippen LogP contribution in [0.15, 0.2) is 18.3 Å². The number of carbonyl (C=O) groups is 1. The highest BCUT2D eigenvalue weighted by Crippen LogP contribution is 2.28. The van der Waals surface area contributed by atoms with Crippen LogP contribution in [0.3, 0.4) is 0 Å². The molecule has 1 atom stereocenters. The van der Waals surface area contributed by atoms with Crippen LogP contribution >= 0.6 is 0 Å². The zero-order chi connectivity index (χ0) is 14.4. The van der Waals surface area contributed by atoms with Crippen LogP contribution in [-0.2, 0) is 11.8 Å². The molecule has 1 aliphatic rings. The Labute approximate surface area is 121 Å². The van der Waals surface area contributed by atoms with E-state index >= 15 is 0 Å². The van der Waals surface area contributed by atoms with E-state index in [0.29, 0.717) is 19.4 Å². The number of nitrogens with zero attached hydrogens (tertiary/aromatic N) is 1. The van der Waals surface area contributed by atoms with Crippen LogP contribution in [0.5, 0.6) is 0 Å². The van der Waals surface area contributed by atoms with Gasteiger partial charge >= 0.3 is 0 Å². The molecule has 1 unspecified atom stereocenters. The highest BCUT2D eigenvalue weighted by molar-refractivity contribution is 5.75. The quantitative estimate of drug-likeness (QED) is 0.805. The van der Waals surface area contributed by atoms with Crippen LogP contribution in [-0.4, -0.2) is 22.1 Å². The van der Waals surface area contributed by atoms with E-state index in [1.165, 1.54) is 25.7 Å². The minimum atomic E-state index is -0.509. The van der Waals surface area contributed by atoms with E-state index in [9.17, 15) is 9.90 Å². The Morgan fingerprint density at radius 3 is 2.90 bits per heavy atom. The number of amides is 1. The molecule has 0 aromatic carbocycles. The monoisotopic (exact) mass is 278 g/mol. The number of rotatable bonds is 7. The van der Waals surface area contributed by atoms with Crippen molar-refractivity contribution in [1.82, 2.24) is 9.88 Å². The second-order valence-corrected chi connectivity index (χ2v) is 5.89. The lowest BCUT2D eigenvalue weighted by Crippen LogP contribution is -2.26. The van der Waals surface area contributed by atoms with Crippen molar-refractivity contribution < 1.29 is 9.90 Å². The van der Waals surface area contributed by atoms with Gasteiger partial charge in [0.15, 0.2) is 0 Å². The number of hydrogen-bond acceptors (Lipinski definition) is 2. The molecule has 1 aromatic rings. The fourth-order valence-corrected chi connectivity index (χ4v) is 3.04. The molecule has 2 N–H and O–H groups in total. The predicted molar refractivity (Wildman–Crippen MR) is 79.2 cm³/mol. The maximum atomic E-state index is 11.7. The first kappa shape index (κ1) is 15.1. The van der Waals surface area contributed by atoms with Crippen LogP contribution < -0.4 is 5.32 Å². The van der Waals surface area contributed by atoms with E-state index in [-0.39, 0.29) is 5.91 Å². The number of aliphatic hydroxyl groups excluding tert-OH is 1. The van der Waals surface area contributed by atoms with Crippen molar-refractivity contribution in [3.63, 3.8) is 0 Å². The van der Waals surface area contributed by atoms with E-state index in [2.05, 4.69) is 5.32 Å². The van der Waals surface area contributed by atoms with Gasteiger partial charge in [-0.25, -0.2) is 0 Å². The van der Waals surface area contributed by atoms with Crippen LogP contribution in [0.1, 0.15) is 56.7 Å². The molecule has 20 heavy (non-hydrogen) atoms. The van der Waals surface area contributed by atoms with Gasteiger partial charge in [0.05, 0.1) is 6.10 Å². The summed E-state index contributed by atoms with van der Waals surface area (Å²) in [6.45, 7) is 0.538. The van der Waals surface area contributed by atoms with Gasteiger partial charge in [-0.15, -0.1) is 0 Å². The molecule has 0 saturated heterocycles. The molecule has 1 fully saturated rings. The van der Waals surface area contributed by atoms with E-state index in [1.54, 1.807) is 0 Å². The zero-order valence-corrected chi connectivity index (χ0v) is 12.3. The third kappa shape index (κ3) is 4.37. The highest BCUT2D eigenvalue weighted by Gasteiger charge is 2.16. The van der Waals surface area contributed by atoms with Gasteiger partial charge in [0.1, 0.15) is 0 Å². The first-order chi connectivity index (χ1) is 9.66. The summed E-state index contributed by atoms with van der Waals surface area (Å²) in [5.41, 5.74) is 0.894. The molecular weight excluding hydrogens is 252 g/mol. The molecule has 0 bridgehead atoms. The summed E-state index contributed by atoms with van der Waals surface area (Å²) >= 11 is 0. The maximum absolute atomic E-state index is 11.7. The summed E-state index contributed by atoms with van der Waals surface area (Å²) < 4.78 is 1.91. The molecule has 0 radical (unpaired) electrons. The lowest BCUT2D eigenvalue weighted by Gasteiger charge is -2.13. The standard InChI is InChI=1S/C16H26N2O2/c1-18-12-4-7-14(18)15(19)10-11-17-16(20)9-8-13-5-2-3-6-13/h4,7,12-13,15,19H,2-3,5-6,8-11H2,1H3,(H,17,20). The number of aromatic nitrogens is 1. The number of nitrogens with one attached hydrogen (secondary N) is 1. The van der Waals surface area contributed by atoms with Crippen LogP contribution in [0.2, 0.25) is 0 Å². The van der Waals surface area contributed by atoms with Crippen molar-refractivity contribution >= 4 is 5.91 Å². The molecule has 4 nitrogen and oxygen atoms in total. The van der Waals surface area contributed by atoms with Crippen molar-refractivity contribution in [3.05, 3.63) is 24.0 Å². The molecule has 4 heteroatoms. The van der Waals surface area contributed by atoms with Crippen molar-refractivity contribution in [3.8, 4) is 0 Å². The Balaban J connectivity index is 1.60. The molecule has 1 heterocycles. The van der Waals surface area contributed by atoms with Crippen molar-refractivity contribution in [2.24, 2.45) is 13.0 Å². The SMILES string of the molecule is Cn1cccc1C(O)CCNC(=O)CCC1CCCC1. The molecule has 1 aromatic heterocycles. The average molecular weight is 278 g/mol. The minimum absolute atomic E-state index is 0.121. The maximum Gasteiger partial charge on any atom is 0.220 e. The van der Waals surface area contributed by atoms with Gasteiger partial charge in [0, 0.05) is 31.9 Å². The molecule has 1 amide bonds. The molecule has 2 rings (SSSR count). The fourth-order valence-electron chi connectivity index (χ4n) is 3.04. The lowest BCUT2D eigenvalue weighted by molar-refractivity contribution is -0.121. The van der Waals surface area contributed by atoms with E-state index in [1.807, 2.05) is 29.9 Å².